The minimum absolute atomic E-state index is 0.0524. The number of carbonyl (C=O) groups excluding carboxylic acids is 3. The SMILES string of the molecule is Cn1nnc2c1CCC(CNC(=O)C1CC(Cc3ccc(Br)cc3)CN1C(=O)C(N)CCC(=O)N1CCCC1)=C2. The highest BCUT2D eigenvalue weighted by molar-refractivity contribution is 9.10. The molecule has 0 bridgehead atoms. The summed E-state index contributed by atoms with van der Waals surface area (Å²) >= 11 is 3.48. The molecule has 3 atom stereocenters. The summed E-state index contributed by atoms with van der Waals surface area (Å²) in [6.07, 6.45) is 7.56. The fraction of sp³-hybridized carbons (Fsp3) is 0.552. The van der Waals surface area contributed by atoms with E-state index in [1.807, 2.05) is 30.2 Å². The van der Waals surface area contributed by atoms with Gasteiger partial charge in [-0.25, -0.2) is 0 Å². The fourth-order valence-electron chi connectivity index (χ4n) is 6.05. The average Bonchev–Trinajstić information content (AvgIpc) is 3.72. The Morgan fingerprint density at radius 2 is 1.90 bits per heavy atom. The maximum absolute atomic E-state index is 13.5. The van der Waals surface area contributed by atoms with E-state index in [1.165, 1.54) is 0 Å². The molecular weight excluding hydrogens is 574 g/mol. The van der Waals surface area contributed by atoms with Gasteiger partial charge in [-0.15, -0.1) is 5.10 Å². The van der Waals surface area contributed by atoms with E-state index >= 15 is 0 Å². The minimum atomic E-state index is -0.815. The molecule has 0 saturated carbocycles. The van der Waals surface area contributed by atoms with Crippen LogP contribution < -0.4 is 11.1 Å². The van der Waals surface area contributed by atoms with Gasteiger partial charge in [0.05, 0.1) is 11.7 Å². The van der Waals surface area contributed by atoms with E-state index in [0.717, 1.165) is 72.2 Å². The Hall–Kier alpha value is -3.05. The van der Waals surface area contributed by atoms with Gasteiger partial charge in [-0.1, -0.05) is 33.3 Å². The van der Waals surface area contributed by atoms with Crippen molar-refractivity contribution < 1.29 is 14.4 Å². The molecule has 2 fully saturated rings. The topological polar surface area (TPSA) is 126 Å². The average molecular weight is 613 g/mol. The molecule has 2 saturated heterocycles. The van der Waals surface area contributed by atoms with Gasteiger partial charge in [0, 0.05) is 44.1 Å². The van der Waals surface area contributed by atoms with Crippen LogP contribution in [0.15, 0.2) is 34.3 Å². The van der Waals surface area contributed by atoms with Crippen molar-refractivity contribution >= 4 is 39.7 Å². The predicted octanol–water partition coefficient (Wildman–Crippen LogP) is 2.21. The summed E-state index contributed by atoms with van der Waals surface area (Å²) in [6, 6.07) is 6.73. The molecule has 3 unspecified atom stereocenters. The van der Waals surface area contributed by atoms with Crippen LogP contribution in [0.2, 0.25) is 0 Å². The molecule has 10 nitrogen and oxygen atoms in total. The number of nitrogens with two attached hydrogens (primary N) is 1. The summed E-state index contributed by atoms with van der Waals surface area (Å²) in [5, 5.41) is 11.4. The van der Waals surface area contributed by atoms with Crippen molar-refractivity contribution in [2.24, 2.45) is 18.7 Å². The third-order valence-corrected chi connectivity index (χ3v) is 8.87. The number of carbonyl (C=O) groups is 3. The van der Waals surface area contributed by atoms with Crippen LogP contribution in [-0.2, 0) is 34.3 Å². The maximum Gasteiger partial charge on any atom is 0.243 e. The number of amides is 3. The number of benzene rings is 1. The highest BCUT2D eigenvalue weighted by atomic mass is 79.9. The Morgan fingerprint density at radius 3 is 2.65 bits per heavy atom. The van der Waals surface area contributed by atoms with Crippen LogP contribution in [0.5, 0.6) is 0 Å². The zero-order valence-electron chi connectivity index (χ0n) is 23.0. The first-order valence-electron chi connectivity index (χ1n) is 14.2. The van der Waals surface area contributed by atoms with Gasteiger partial charge in [0.15, 0.2) is 0 Å². The molecule has 3 amide bonds. The summed E-state index contributed by atoms with van der Waals surface area (Å²) in [6.45, 7) is 2.43. The van der Waals surface area contributed by atoms with E-state index in [-0.39, 0.29) is 36.5 Å². The Balaban J connectivity index is 1.23. The first-order chi connectivity index (χ1) is 19.3. The molecule has 3 N–H and O–H groups in total. The van der Waals surface area contributed by atoms with Gasteiger partial charge >= 0.3 is 0 Å². The second kappa shape index (κ2) is 12.6. The van der Waals surface area contributed by atoms with Gasteiger partial charge in [-0.3, -0.25) is 19.1 Å². The van der Waals surface area contributed by atoms with Crippen molar-refractivity contribution in [3.05, 3.63) is 51.3 Å². The number of rotatable bonds is 9. The van der Waals surface area contributed by atoms with Gasteiger partial charge in [0.2, 0.25) is 17.7 Å². The third kappa shape index (κ3) is 6.63. The van der Waals surface area contributed by atoms with Crippen LogP contribution in [0, 0.1) is 5.92 Å². The highest BCUT2D eigenvalue weighted by Gasteiger charge is 2.41. The summed E-state index contributed by atoms with van der Waals surface area (Å²) in [5.41, 5.74) is 10.5. The molecule has 11 heteroatoms. The van der Waals surface area contributed by atoms with Gasteiger partial charge in [0.25, 0.3) is 0 Å². The standard InChI is InChI=1S/C29H38BrN7O3/c1-35-25-10-6-20(15-24(25)33-34-35)17-32-28(39)26-16-21(14-19-4-7-22(30)8-5-19)18-37(26)29(40)23(31)9-11-27(38)36-12-2-3-13-36/h4-5,7-8,15,21,23,26H,2-3,6,9-14,16-18,31H2,1H3,(H,32,39). The number of aryl methyl sites for hydroxylation is 1. The smallest absolute Gasteiger partial charge is 0.243 e. The first kappa shape index (κ1) is 28.5. The molecule has 2 aliphatic heterocycles. The number of halogens is 1. The van der Waals surface area contributed by atoms with Crippen LogP contribution in [0.1, 0.15) is 55.5 Å². The molecule has 3 aliphatic rings. The third-order valence-electron chi connectivity index (χ3n) is 8.34. The molecule has 0 spiro atoms. The quantitative estimate of drug-likeness (QED) is 0.448. The molecule has 5 rings (SSSR count). The summed E-state index contributed by atoms with van der Waals surface area (Å²) in [5.74, 6) is -0.237. The van der Waals surface area contributed by atoms with Crippen molar-refractivity contribution in [2.45, 2.75) is 63.5 Å². The van der Waals surface area contributed by atoms with Crippen LogP contribution in [-0.4, -0.2) is 80.8 Å². The van der Waals surface area contributed by atoms with Crippen LogP contribution in [0.3, 0.4) is 0 Å². The van der Waals surface area contributed by atoms with E-state index in [1.54, 1.807) is 9.58 Å². The zero-order valence-corrected chi connectivity index (χ0v) is 24.6. The van der Waals surface area contributed by atoms with Crippen molar-refractivity contribution in [2.75, 3.05) is 26.2 Å². The molecule has 1 aromatic carbocycles. The number of likely N-dealkylation sites (tertiary alicyclic amines) is 2. The van der Waals surface area contributed by atoms with E-state index in [0.29, 0.717) is 19.5 Å². The maximum atomic E-state index is 13.5. The largest absolute Gasteiger partial charge is 0.351 e. The van der Waals surface area contributed by atoms with Crippen molar-refractivity contribution in [1.29, 1.82) is 0 Å². The minimum Gasteiger partial charge on any atom is -0.351 e. The zero-order chi connectivity index (χ0) is 28.2. The predicted molar refractivity (Wildman–Crippen MR) is 155 cm³/mol. The van der Waals surface area contributed by atoms with Gasteiger partial charge in [0.1, 0.15) is 11.7 Å². The van der Waals surface area contributed by atoms with Crippen molar-refractivity contribution in [3.63, 3.8) is 0 Å². The van der Waals surface area contributed by atoms with Crippen LogP contribution in [0.4, 0.5) is 0 Å². The summed E-state index contributed by atoms with van der Waals surface area (Å²) < 4.78 is 2.80. The Morgan fingerprint density at radius 1 is 1.15 bits per heavy atom. The van der Waals surface area contributed by atoms with E-state index < -0.39 is 12.1 Å². The molecule has 3 heterocycles. The van der Waals surface area contributed by atoms with Crippen LogP contribution in [0.25, 0.3) is 6.08 Å². The lowest BCUT2D eigenvalue weighted by Gasteiger charge is -2.27. The second-order valence-corrected chi connectivity index (χ2v) is 12.2. The lowest BCUT2D eigenvalue weighted by molar-refractivity contribution is -0.139. The Kier molecular flexibility index (Phi) is 9.00. The van der Waals surface area contributed by atoms with Gasteiger partial charge in [-0.2, -0.15) is 0 Å². The number of aromatic nitrogens is 3. The van der Waals surface area contributed by atoms with Gasteiger partial charge < -0.3 is 20.9 Å². The number of fused-ring (bicyclic) bond motifs is 1. The lowest BCUT2D eigenvalue weighted by atomic mass is 9.96. The molecule has 40 heavy (non-hydrogen) atoms. The monoisotopic (exact) mass is 611 g/mol. The van der Waals surface area contributed by atoms with E-state index in [4.69, 9.17) is 5.73 Å². The first-order valence-corrected chi connectivity index (χ1v) is 15.0. The number of hydrogen-bond donors (Lipinski definition) is 2. The number of hydrogen-bond acceptors (Lipinski definition) is 6. The highest BCUT2D eigenvalue weighted by Crippen LogP contribution is 2.29. The lowest BCUT2D eigenvalue weighted by Crippen LogP contribution is -2.51. The molecule has 2 aromatic rings. The van der Waals surface area contributed by atoms with Gasteiger partial charge in [-0.05, 0) is 80.2 Å². The normalized spacial score (nSPS) is 21.2. The second-order valence-electron chi connectivity index (χ2n) is 11.2. The van der Waals surface area contributed by atoms with Crippen LogP contribution >= 0.6 is 15.9 Å². The van der Waals surface area contributed by atoms with E-state index in [9.17, 15) is 14.4 Å². The Labute approximate surface area is 243 Å². The number of nitrogens with one attached hydrogen (secondary N) is 1. The van der Waals surface area contributed by atoms with E-state index in [2.05, 4.69) is 43.7 Å². The van der Waals surface area contributed by atoms with Crippen molar-refractivity contribution in [1.82, 2.24) is 30.1 Å². The molecule has 1 aliphatic carbocycles. The molecular formula is C29H38BrN7O3. The molecule has 1 aromatic heterocycles. The molecule has 0 radical (unpaired) electrons. The summed E-state index contributed by atoms with van der Waals surface area (Å²) in [4.78, 5) is 43.1. The number of nitrogens with zero attached hydrogens (tertiary/aromatic N) is 5. The fourth-order valence-corrected chi connectivity index (χ4v) is 6.32. The molecule has 214 valence electrons. The van der Waals surface area contributed by atoms with Crippen molar-refractivity contribution in [3.8, 4) is 0 Å². The Bertz CT molecular complexity index is 1270. The summed E-state index contributed by atoms with van der Waals surface area (Å²) in [7, 11) is 1.88.